The van der Waals surface area contributed by atoms with Crippen LogP contribution in [0.25, 0.3) is 23.2 Å². The summed E-state index contributed by atoms with van der Waals surface area (Å²) in [4.78, 5) is 13.6. The van der Waals surface area contributed by atoms with Gasteiger partial charge in [0.2, 0.25) is 5.78 Å². The molecule has 0 atom stereocenters. The Kier molecular flexibility index (Phi) is 3.77. The third-order valence-electron chi connectivity index (χ3n) is 5.28. The number of rotatable bonds is 4. The SMILES string of the molecule is C=Cn1c(C)c(C(=O)c2cc3c(n2CC)S(C)(C)C=C3)c2ccccc21. The molecule has 3 heterocycles. The molecule has 2 aromatic heterocycles. The zero-order chi connectivity index (χ0) is 18.6. The molecular weight excluding hydrogens is 340 g/mol. The highest BCUT2D eigenvalue weighted by molar-refractivity contribution is 8.35. The van der Waals surface area contributed by atoms with Gasteiger partial charge in [-0.2, -0.15) is 10.0 Å². The highest BCUT2D eigenvalue weighted by Crippen LogP contribution is 2.57. The third-order valence-corrected chi connectivity index (χ3v) is 7.55. The zero-order valence-corrected chi connectivity index (χ0v) is 16.6. The molecule has 3 nitrogen and oxygen atoms in total. The van der Waals surface area contributed by atoms with Gasteiger partial charge < -0.3 is 9.13 Å². The molecule has 0 N–H and O–H groups in total. The minimum Gasteiger partial charge on any atom is -0.334 e. The van der Waals surface area contributed by atoms with Crippen LogP contribution < -0.4 is 0 Å². The summed E-state index contributed by atoms with van der Waals surface area (Å²) in [5, 5.41) is 4.60. The van der Waals surface area contributed by atoms with Gasteiger partial charge in [-0.1, -0.05) is 24.8 Å². The smallest absolute Gasteiger partial charge is 0.211 e. The first kappa shape index (κ1) is 17.0. The molecule has 0 bridgehead atoms. The van der Waals surface area contributed by atoms with E-state index in [1.807, 2.05) is 35.8 Å². The van der Waals surface area contributed by atoms with Crippen LogP contribution in [0.5, 0.6) is 0 Å². The number of carbonyl (C=O) groups excluding carboxylic acids is 1. The van der Waals surface area contributed by atoms with E-state index < -0.39 is 10.0 Å². The van der Waals surface area contributed by atoms with E-state index in [1.165, 1.54) is 10.6 Å². The zero-order valence-electron chi connectivity index (χ0n) is 15.7. The second-order valence-corrected chi connectivity index (χ2v) is 10.6. The van der Waals surface area contributed by atoms with Crippen molar-refractivity contribution in [1.82, 2.24) is 9.13 Å². The van der Waals surface area contributed by atoms with Crippen LogP contribution >= 0.6 is 10.0 Å². The number of benzene rings is 1. The molecule has 0 amide bonds. The maximum atomic E-state index is 13.6. The van der Waals surface area contributed by atoms with Gasteiger partial charge in [0.05, 0.1) is 21.8 Å². The van der Waals surface area contributed by atoms with Crippen molar-refractivity contribution in [3.8, 4) is 0 Å². The second-order valence-electron chi connectivity index (χ2n) is 7.10. The minimum atomic E-state index is -0.986. The number of aromatic nitrogens is 2. The Morgan fingerprint density at radius 3 is 2.69 bits per heavy atom. The number of nitrogens with zero attached hydrogens (tertiary/aromatic N) is 2. The van der Waals surface area contributed by atoms with Crippen LogP contribution in [0, 0.1) is 6.92 Å². The normalized spacial score (nSPS) is 16.0. The average molecular weight is 365 g/mol. The molecule has 3 aromatic rings. The van der Waals surface area contributed by atoms with Crippen LogP contribution in [-0.2, 0) is 6.54 Å². The van der Waals surface area contributed by atoms with Gasteiger partial charge in [-0.25, -0.2) is 0 Å². The van der Waals surface area contributed by atoms with Gasteiger partial charge >= 0.3 is 0 Å². The Bertz CT molecular complexity index is 1100. The fraction of sp³-hybridized carbons (Fsp3) is 0.227. The van der Waals surface area contributed by atoms with Crippen molar-refractivity contribution in [3.63, 3.8) is 0 Å². The summed E-state index contributed by atoms with van der Waals surface area (Å²) in [5.41, 5.74) is 4.73. The second kappa shape index (κ2) is 5.78. The molecule has 0 aliphatic carbocycles. The largest absolute Gasteiger partial charge is 0.334 e. The first-order valence-electron chi connectivity index (χ1n) is 8.82. The molecule has 4 heteroatoms. The van der Waals surface area contributed by atoms with Gasteiger partial charge in [-0.3, -0.25) is 4.79 Å². The number of hydrogen-bond donors (Lipinski definition) is 0. The summed E-state index contributed by atoms with van der Waals surface area (Å²) in [5.74, 6) is 0.0964. The predicted octanol–water partition coefficient (Wildman–Crippen LogP) is 5.51. The van der Waals surface area contributed by atoms with Gasteiger partial charge in [0.15, 0.2) is 0 Å². The van der Waals surface area contributed by atoms with E-state index in [0.29, 0.717) is 0 Å². The van der Waals surface area contributed by atoms with Crippen molar-refractivity contribution in [3.05, 3.63) is 64.8 Å². The van der Waals surface area contributed by atoms with E-state index in [-0.39, 0.29) is 5.78 Å². The fourth-order valence-electron chi connectivity index (χ4n) is 4.11. The van der Waals surface area contributed by atoms with Gasteiger partial charge in [0.25, 0.3) is 0 Å². The minimum absolute atomic E-state index is 0.0964. The Morgan fingerprint density at radius 1 is 1.27 bits per heavy atom. The Hall–Kier alpha value is -2.46. The van der Waals surface area contributed by atoms with Gasteiger partial charge in [-0.05, 0) is 50.0 Å². The molecule has 26 heavy (non-hydrogen) atoms. The monoisotopic (exact) mass is 364 g/mol. The van der Waals surface area contributed by atoms with Crippen molar-refractivity contribution in [2.45, 2.75) is 25.4 Å². The van der Waals surface area contributed by atoms with Gasteiger partial charge in [-0.15, -0.1) is 0 Å². The lowest BCUT2D eigenvalue weighted by Crippen LogP contribution is -2.13. The van der Waals surface area contributed by atoms with Crippen LogP contribution in [0.4, 0.5) is 0 Å². The van der Waals surface area contributed by atoms with Gasteiger partial charge in [0.1, 0.15) is 0 Å². The van der Waals surface area contributed by atoms with Crippen molar-refractivity contribution < 1.29 is 4.79 Å². The van der Waals surface area contributed by atoms with Crippen LogP contribution in [0.3, 0.4) is 0 Å². The summed E-state index contributed by atoms with van der Waals surface area (Å²) in [6.07, 6.45) is 8.52. The summed E-state index contributed by atoms with van der Waals surface area (Å²) in [6, 6.07) is 10.1. The van der Waals surface area contributed by atoms with Gasteiger partial charge in [0, 0.05) is 29.4 Å². The van der Waals surface area contributed by atoms with Crippen molar-refractivity contribution in [2.24, 2.45) is 0 Å². The molecule has 0 saturated heterocycles. The third kappa shape index (κ3) is 2.18. The van der Waals surface area contributed by atoms with E-state index in [1.54, 1.807) is 6.20 Å². The lowest BCUT2D eigenvalue weighted by atomic mass is 10.0. The Balaban J connectivity index is 1.97. The van der Waals surface area contributed by atoms with Crippen LogP contribution in [0.1, 0.15) is 34.2 Å². The Labute approximate surface area is 155 Å². The van der Waals surface area contributed by atoms with E-state index in [9.17, 15) is 4.79 Å². The summed E-state index contributed by atoms with van der Waals surface area (Å²) < 4.78 is 4.22. The molecule has 0 fully saturated rings. The van der Waals surface area contributed by atoms with Crippen molar-refractivity contribution in [1.29, 1.82) is 0 Å². The highest BCUT2D eigenvalue weighted by Gasteiger charge is 2.30. The predicted molar refractivity (Wildman–Crippen MR) is 113 cm³/mol. The number of fused-ring (bicyclic) bond motifs is 2. The molecule has 4 rings (SSSR count). The first-order valence-corrected chi connectivity index (χ1v) is 11.3. The van der Waals surface area contributed by atoms with Crippen LogP contribution in [0.2, 0.25) is 0 Å². The van der Waals surface area contributed by atoms with E-state index in [0.717, 1.165) is 34.4 Å². The lowest BCUT2D eigenvalue weighted by Gasteiger charge is -2.26. The lowest BCUT2D eigenvalue weighted by molar-refractivity contribution is 0.103. The van der Waals surface area contributed by atoms with Crippen molar-refractivity contribution in [2.75, 3.05) is 12.5 Å². The van der Waals surface area contributed by atoms with Crippen molar-refractivity contribution >= 4 is 39.0 Å². The first-order chi connectivity index (χ1) is 12.4. The topological polar surface area (TPSA) is 26.9 Å². The quantitative estimate of drug-likeness (QED) is 0.561. The average Bonchev–Trinajstić information content (AvgIpc) is 3.23. The van der Waals surface area contributed by atoms with Crippen LogP contribution in [0.15, 0.2) is 47.3 Å². The molecule has 1 aliphatic rings. The summed E-state index contributed by atoms with van der Waals surface area (Å²) >= 11 is 0. The van der Waals surface area contributed by atoms with E-state index in [2.05, 4.69) is 48.1 Å². The summed E-state index contributed by atoms with van der Waals surface area (Å²) in [6.45, 7) is 8.83. The maximum Gasteiger partial charge on any atom is 0.211 e. The molecule has 0 spiro atoms. The molecule has 1 aromatic carbocycles. The van der Waals surface area contributed by atoms with E-state index in [4.69, 9.17) is 0 Å². The fourth-order valence-corrected chi connectivity index (χ4v) is 6.26. The molecular formula is C22H24N2OS. The molecule has 134 valence electrons. The number of para-hydroxylation sites is 1. The Morgan fingerprint density at radius 2 is 2.00 bits per heavy atom. The highest BCUT2D eigenvalue weighted by atomic mass is 32.3. The summed E-state index contributed by atoms with van der Waals surface area (Å²) in [7, 11) is -0.986. The number of carbonyl (C=O) groups is 1. The van der Waals surface area contributed by atoms with E-state index >= 15 is 0 Å². The molecule has 0 radical (unpaired) electrons. The van der Waals surface area contributed by atoms with Crippen LogP contribution in [-0.4, -0.2) is 27.4 Å². The maximum absolute atomic E-state index is 13.6. The number of hydrogen-bond acceptors (Lipinski definition) is 1. The molecule has 0 unspecified atom stereocenters. The number of ketones is 1. The standard InChI is InChI=1S/C22H24N2OS/c1-6-23-15(3)20(17-10-8-9-11-18(17)23)21(25)19-14-16-12-13-26(4,5)22(16)24(19)7-2/h6,8-14H,1,7H2,2-5H3. The molecule has 0 saturated carbocycles. The molecule has 1 aliphatic heterocycles.